The van der Waals surface area contributed by atoms with Crippen LogP contribution in [0.25, 0.3) is 6.08 Å². The van der Waals surface area contributed by atoms with Crippen molar-refractivity contribution in [1.82, 2.24) is 4.90 Å². The predicted molar refractivity (Wildman–Crippen MR) is 120 cm³/mol. The number of amides is 1. The van der Waals surface area contributed by atoms with E-state index >= 15 is 0 Å². The fourth-order valence-corrected chi connectivity index (χ4v) is 4.27. The highest BCUT2D eigenvalue weighted by molar-refractivity contribution is 5.94. The number of hydrogen-bond donors (Lipinski definition) is 0. The molecule has 0 spiro atoms. The van der Waals surface area contributed by atoms with E-state index in [1.54, 1.807) is 0 Å². The van der Waals surface area contributed by atoms with E-state index in [1.807, 2.05) is 48.5 Å². The van der Waals surface area contributed by atoms with E-state index in [0.717, 1.165) is 24.8 Å². The van der Waals surface area contributed by atoms with Crippen LogP contribution in [0.3, 0.4) is 0 Å². The summed E-state index contributed by atoms with van der Waals surface area (Å²) in [6.07, 6.45) is 5.40. The quantitative estimate of drug-likeness (QED) is 0.507. The predicted octanol–water partition coefficient (Wildman–Crippen LogP) is 6.31. The molecule has 0 fully saturated rings. The molecule has 0 saturated heterocycles. The highest BCUT2D eigenvalue weighted by atomic mass is 16.2. The van der Waals surface area contributed by atoms with Crippen LogP contribution in [0.2, 0.25) is 0 Å². The lowest BCUT2D eigenvalue weighted by molar-refractivity contribution is 0.0678. The summed E-state index contributed by atoms with van der Waals surface area (Å²) in [7, 11) is 0. The number of nitrogens with zero attached hydrogens (tertiary/aromatic N) is 1. The largest absolute Gasteiger partial charge is 0.328 e. The third kappa shape index (κ3) is 4.48. The van der Waals surface area contributed by atoms with Crippen LogP contribution in [0, 0.1) is 0 Å². The molecule has 0 radical (unpaired) electrons. The highest BCUT2D eigenvalue weighted by Gasteiger charge is 2.29. The lowest BCUT2D eigenvalue weighted by Gasteiger charge is -2.36. The molecular formula is C27H27NO. The van der Waals surface area contributed by atoms with Gasteiger partial charge >= 0.3 is 0 Å². The van der Waals surface area contributed by atoms with Crippen LogP contribution in [-0.4, -0.2) is 17.4 Å². The summed E-state index contributed by atoms with van der Waals surface area (Å²) in [5, 5.41) is 0. The summed E-state index contributed by atoms with van der Waals surface area (Å²) in [6.45, 7) is 2.74. The third-order valence-corrected chi connectivity index (χ3v) is 5.63. The number of carbonyl (C=O) groups excluding carboxylic acids is 1. The molecule has 0 saturated carbocycles. The van der Waals surface area contributed by atoms with Crippen LogP contribution < -0.4 is 0 Å². The molecule has 29 heavy (non-hydrogen) atoms. The molecule has 0 aromatic heterocycles. The zero-order chi connectivity index (χ0) is 20.1. The van der Waals surface area contributed by atoms with Crippen molar-refractivity contribution in [3.8, 4) is 0 Å². The van der Waals surface area contributed by atoms with Gasteiger partial charge in [0.05, 0.1) is 6.04 Å². The van der Waals surface area contributed by atoms with E-state index in [-0.39, 0.29) is 11.9 Å². The summed E-state index contributed by atoms with van der Waals surface area (Å²) < 4.78 is 0. The Kier molecular flexibility index (Phi) is 5.90. The van der Waals surface area contributed by atoms with Gasteiger partial charge in [0.2, 0.25) is 0 Å². The molecule has 0 N–H and O–H groups in total. The standard InChI is InChI=1S/C27H27NO/c1-21(19-22-11-4-2-5-12-22)20-28(27(29)24-14-6-3-7-15-24)26-18-10-16-23-13-8-9-17-25(23)26/h2-9,11-15,17,19,26H,10,16,18,20H2,1H3/b21-19+. The Bertz CT molecular complexity index is 991. The van der Waals surface area contributed by atoms with E-state index in [1.165, 1.54) is 22.3 Å². The number of hydrogen-bond acceptors (Lipinski definition) is 1. The van der Waals surface area contributed by atoms with Crippen molar-refractivity contribution in [3.05, 3.63) is 113 Å². The van der Waals surface area contributed by atoms with Gasteiger partial charge in [-0.2, -0.15) is 0 Å². The first-order valence-electron chi connectivity index (χ1n) is 10.4. The lowest BCUT2D eigenvalue weighted by Crippen LogP contribution is -2.37. The molecule has 2 nitrogen and oxygen atoms in total. The minimum Gasteiger partial charge on any atom is -0.328 e. The van der Waals surface area contributed by atoms with Crippen LogP contribution >= 0.6 is 0 Å². The zero-order valence-corrected chi connectivity index (χ0v) is 16.9. The number of aryl methyl sites for hydroxylation is 1. The molecule has 3 aromatic carbocycles. The maximum absolute atomic E-state index is 13.5. The molecule has 2 heteroatoms. The van der Waals surface area contributed by atoms with Gasteiger partial charge in [-0.1, -0.05) is 84.4 Å². The minimum atomic E-state index is 0.105. The Morgan fingerprint density at radius 2 is 1.59 bits per heavy atom. The second-order valence-electron chi connectivity index (χ2n) is 7.81. The first-order valence-corrected chi connectivity index (χ1v) is 10.4. The highest BCUT2D eigenvalue weighted by Crippen LogP contribution is 2.35. The fourth-order valence-electron chi connectivity index (χ4n) is 4.27. The fraction of sp³-hybridized carbons (Fsp3) is 0.222. The Morgan fingerprint density at radius 3 is 2.34 bits per heavy atom. The van der Waals surface area contributed by atoms with E-state index in [4.69, 9.17) is 0 Å². The van der Waals surface area contributed by atoms with Gasteiger partial charge in [0.1, 0.15) is 0 Å². The van der Waals surface area contributed by atoms with Crippen molar-refractivity contribution in [2.24, 2.45) is 0 Å². The second kappa shape index (κ2) is 8.91. The number of benzene rings is 3. The van der Waals surface area contributed by atoms with Gasteiger partial charge in [0.15, 0.2) is 0 Å². The monoisotopic (exact) mass is 381 g/mol. The van der Waals surface area contributed by atoms with Gasteiger partial charge in [-0.25, -0.2) is 0 Å². The molecule has 1 aliphatic rings. The van der Waals surface area contributed by atoms with Crippen LogP contribution in [0.5, 0.6) is 0 Å². The maximum atomic E-state index is 13.5. The van der Waals surface area contributed by atoms with Gasteiger partial charge in [-0.15, -0.1) is 0 Å². The van der Waals surface area contributed by atoms with Crippen molar-refractivity contribution in [2.75, 3.05) is 6.54 Å². The van der Waals surface area contributed by atoms with Crippen LogP contribution in [0.4, 0.5) is 0 Å². The molecule has 1 amide bonds. The number of rotatable bonds is 5. The van der Waals surface area contributed by atoms with E-state index < -0.39 is 0 Å². The van der Waals surface area contributed by atoms with Crippen molar-refractivity contribution in [1.29, 1.82) is 0 Å². The SMILES string of the molecule is C/C(=C\c1ccccc1)CN(C(=O)c1ccccc1)C1CCCc2ccccc21. The maximum Gasteiger partial charge on any atom is 0.254 e. The second-order valence-corrected chi connectivity index (χ2v) is 7.81. The summed E-state index contributed by atoms with van der Waals surface area (Å²) in [5.41, 5.74) is 5.78. The van der Waals surface area contributed by atoms with Crippen molar-refractivity contribution in [3.63, 3.8) is 0 Å². The molecule has 1 aliphatic carbocycles. The third-order valence-electron chi connectivity index (χ3n) is 5.63. The van der Waals surface area contributed by atoms with Crippen LogP contribution in [-0.2, 0) is 6.42 Å². The van der Waals surface area contributed by atoms with E-state index in [9.17, 15) is 4.79 Å². The first kappa shape index (κ1) is 19.2. The molecule has 1 unspecified atom stereocenters. The molecular weight excluding hydrogens is 354 g/mol. The minimum absolute atomic E-state index is 0.105. The molecule has 0 aliphatic heterocycles. The first-order chi connectivity index (χ1) is 14.2. The number of carbonyl (C=O) groups is 1. The van der Waals surface area contributed by atoms with E-state index in [0.29, 0.717) is 6.54 Å². The molecule has 3 aromatic rings. The van der Waals surface area contributed by atoms with Crippen LogP contribution in [0.15, 0.2) is 90.5 Å². The molecule has 1 atom stereocenters. The smallest absolute Gasteiger partial charge is 0.254 e. The summed E-state index contributed by atoms with van der Waals surface area (Å²) in [6, 6.07) is 28.7. The summed E-state index contributed by atoms with van der Waals surface area (Å²) in [5.74, 6) is 0.105. The van der Waals surface area contributed by atoms with Gasteiger partial charge < -0.3 is 4.90 Å². The molecule has 0 bridgehead atoms. The van der Waals surface area contributed by atoms with Gasteiger partial charge in [-0.05, 0) is 55.0 Å². The zero-order valence-electron chi connectivity index (χ0n) is 16.9. The summed E-state index contributed by atoms with van der Waals surface area (Å²) >= 11 is 0. The Hall–Kier alpha value is -3.13. The number of fused-ring (bicyclic) bond motifs is 1. The normalized spacial score (nSPS) is 16.2. The van der Waals surface area contributed by atoms with Crippen molar-refractivity contribution >= 4 is 12.0 Å². The molecule has 0 heterocycles. The van der Waals surface area contributed by atoms with Gasteiger partial charge in [-0.3, -0.25) is 4.79 Å². The van der Waals surface area contributed by atoms with Gasteiger partial charge in [0.25, 0.3) is 5.91 Å². The Morgan fingerprint density at radius 1 is 0.931 bits per heavy atom. The Labute approximate surface area is 173 Å². The lowest BCUT2D eigenvalue weighted by atomic mass is 9.86. The molecule has 146 valence electrons. The van der Waals surface area contributed by atoms with Gasteiger partial charge in [0, 0.05) is 12.1 Å². The molecule has 4 rings (SSSR count). The average molecular weight is 382 g/mol. The van der Waals surface area contributed by atoms with E-state index in [2.05, 4.69) is 54.3 Å². The van der Waals surface area contributed by atoms with Crippen molar-refractivity contribution in [2.45, 2.75) is 32.2 Å². The van der Waals surface area contributed by atoms with Crippen molar-refractivity contribution < 1.29 is 4.79 Å². The Balaban J connectivity index is 1.69. The topological polar surface area (TPSA) is 20.3 Å². The average Bonchev–Trinajstić information content (AvgIpc) is 2.78. The summed E-state index contributed by atoms with van der Waals surface area (Å²) in [4.78, 5) is 15.6. The van der Waals surface area contributed by atoms with Crippen LogP contribution in [0.1, 0.15) is 52.9 Å².